The SMILES string of the molecule is NCCCC(=O)N[C@@H](Cc1ccc(O)c(O)c1)C(=O)O. The van der Waals surface area contributed by atoms with Crippen LogP contribution in [0.25, 0.3) is 0 Å². The number of rotatable bonds is 7. The number of phenols is 2. The standard InChI is InChI=1S/C13H18N2O5/c14-5-1-2-12(18)15-9(13(19)20)6-8-3-4-10(16)11(17)7-8/h3-4,7,9,16-17H,1-2,5-6,14H2,(H,15,18)(H,19,20)/t9-/m0/s1. The van der Waals surface area contributed by atoms with Crippen LogP contribution in [0.3, 0.4) is 0 Å². The van der Waals surface area contributed by atoms with E-state index in [1.807, 2.05) is 0 Å². The minimum Gasteiger partial charge on any atom is -0.504 e. The molecule has 7 heteroatoms. The van der Waals surface area contributed by atoms with Crippen molar-refractivity contribution < 1.29 is 24.9 Å². The third-order valence-electron chi connectivity index (χ3n) is 2.72. The number of carbonyl (C=O) groups is 2. The summed E-state index contributed by atoms with van der Waals surface area (Å²) in [5.74, 6) is -2.17. The topological polar surface area (TPSA) is 133 Å². The molecule has 1 aromatic rings. The van der Waals surface area contributed by atoms with Crippen molar-refractivity contribution in [1.82, 2.24) is 5.32 Å². The van der Waals surface area contributed by atoms with Gasteiger partial charge in [-0.25, -0.2) is 4.79 Å². The third-order valence-corrected chi connectivity index (χ3v) is 2.72. The Morgan fingerprint density at radius 2 is 1.95 bits per heavy atom. The van der Waals surface area contributed by atoms with Gasteiger partial charge in [0.1, 0.15) is 6.04 Å². The largest absolute Gasteiger partial charge is 0.504 e. The molecule has 110 valence electrons. The van der Waals surface area contributed by atoms with Gasteiger partial charge in [-0.15, -0.1) is 0 Å². The van der Waals surface area contributed by atoms with E-state index in [9.17, 15) is 19.8 Å². The Morgan fingerprint density at radius 3 is 2.50 bits per heavy atom. The lowest BCUT2D eigenvalue weighted by molar-refractivity contribution is -0.141. The minimum absolute atomic E-state index is 0.0114. The maximum absolute atomic E-state index is 11.5. The quantitative estimate of drug-likeness (QED) is 0.445. The second kappa shape index (κ2) is 7.34. The zero-order chi connectivity index (χ0) is 15.1. The van der Waals surface area contributed by atoms with Crippen molar-refractivity contribution in [3.8, 4) is 11.5 Å². The Morgan fingerprint density at radius 1 is 1.25 bits per heavy atom. The van der Waals surface area contributed by atoms with Crippen molar-refractivity contribution in [3.63, 3.8) is 0 Å². The van der Waals surface area contributed by atoms with Gasteiger partial charge >= 0.3 is 5.97 Å². The molecule has 20 heavy (non-hydrogen) atoms. The Labute approximate surface area is 116 Å². The zero-order valence-corrected chi connectivity index (χ0v) is 10.9. The second-order valence-corrected chi connectivity index (χ2v) is 4.38. The normalized spacial score (nSPS) is 11.8. The number of carboxylic acids is 1. The minimum atomic E-state index is -1.17. The highest BCUT2D eigenvalue weighted by Gasteiger charge is 2.20. The van der Waals surface area contributed by atoms with E-state index in [0.717, 1.165) is 0 Å². The fourth-order valence-corrected chi connectivity index (χ4v) is 1.66. The van der Waals surface area contributed by atoms with Gasteiger partial charge in [0.25, 0.3) is 0 Å². The summed E-state index contributed by atoms with van der Waals surface area (Å²) in [6.45, 7) is 0.358. The summed E-state index contributed by atoms with van der Waals surface area (Å²) in [7, 11) is 0. The molecule has 0 aliphatic carbocycles. The molecule has 0 heterocycles. The highest BCUT2D eigenvalue weighted by molar-refractivity contribution is 5.83. The molecule has 0 aliphatic heterocycles. The summed E-state index contributed by atoms with van der Waals surface area (Å²) in [6, 6.07) is 2.91. The van der Waals surface area contributed by atoms with Crippen LogP contribution in [0.15, 0.2) is 18.2 Å². The van der Waals surface area contributed by atoms with Crippen LogP contribution in [0, 0.1) is 0 Å². The van der Waals surface area contributed by atoms with Crippen molar-refractivity contribution in [2.24, 2.45) is 5.73 Å². The molecule has 0 saturated heterocycles. The average molecular weight is 282 g/mol. The second-order valence-electron chi connectivity index (χ2n) is 4.38. The van der Waals surface area contributed by atoms with Gasteiger partial charge in [0.2, 0.25) is 5.91 Å². The molecular weight excluding hydrogens is 264 g/mol. The fourth-order valence-electron chi connectivity index (χ4n) is 1.66. The number of carbonyl (C=O) groups excluding carboxylic acids is 1. The van der Waals surface area contributed by atoms with Crippen LogP contribution in [-0.2, 0) is 16.0 Å². The molecule has 6 N–H and O–H groups in total. The molecule has 1 rings (SSSR count). The van der Waals surface area contributed by atoms with Crippen molar-refractivity contribution >= 4 is 11.9 Å². The van der Waals surface area contributed by atoms with Crippen LogP contribution in [0.2, 0.25) is 0 Å². The number of aromatic hydroxyl groups is 2. The Bertz CT molecular complexity index is 490. The lowest BCUT2D eigenvalue weighted by Crippen LogP contribution is -2.42. The Balaban J connectivity index is 2.69. The van der Waals surface area contributed by atoms with Crippen molar-refractivity contribution in [3.05, 3.63) is 23.8 Å². The van der Waals surface area contributed by atoms with Crippen LogP contribution in [0.5, 0.6) is 11.5 Å². The smallest absolute Gasteiger partial charge is 0.326 e. The lowest BCUT2D eigenvalue weighted by atomic mass is 10.0. The van der Waals surface area contributed by atoms with E-state index in [4.69, 9.17) is 10.8 Å². The van der Waals surface area contributed by atoms with E-state index in [-0.39, 0.29) is 30.2 Å². The first kappa shape index (κ1) is 15.8. The lowest BCUT2D eigenvalue weighted by Gasteiger charge is -2.15. The molecule has 1 atom stereocenters. The number of hydrogen-bond donors (Lipinski definition) is 5. The van der Waals surface area contributed by atoms with Gasteiger partial charge in [-0.1, -0.05) is 6.07 Å². The highest BCUT2D eigenvalue weighted by atomic mass is 16.4. The molecule has 0 saturated carbocycles. The number of aliphatic carboxylic acids is 1. The van der Waals surface area contributed by atoms with Gasteiger partial charge in [-0.3, -0.25) is 4.79 Å². The maximum Gasteiger partial charge on any atom is 0.326 e. The van der Waals surface area contributed by atoms with E-state index >= 15 is 0 Å². The number of carboxylic acid groups (broad SMARTS) is 1. The van der Waals surface area contributed by atoms with E-state index in [2.05, 4.69) is 5.32 Å². The van der Waals surface area contributed by atoms with Crippen LogP contribution in [0.4, 0.5) is 0 Å². The molecule has 0 fully saturated rings. The summed E-state index contributed by atoms with van der Waals surface area (Å²) in [4.78, 5) is 22.6. The molecular formula is C13H18N2O5. The van der Waals surface area contributed by atoms with Crippen molar-refractivity contribution in [1.29, 1.82) is 0 Å². The first-order valence-corrected chi connectivity index (χ1v) is 6.17. The summed E-state index contributed by atoms with van der Waals surface area (Å²) in [5, 5.41) is 30.0. The van der Waals surface area contributed by atoms with E-state index < -0.39 is 12.0 Å². The van der Waals surface area contributed by atoms with E-state index in [1.54, 1.807) is 0 Å². The summed E-state index contributed by atoms with van der Waals surface area (Å²) >= 11 is 0. The van der Waals surface area contributed by atoms with Crippen LogP contribution in [0.1, 0.15) is 18.4 Å². The van der Waals surface area contributed by atoms with Gasteiger partial charge < -0.3 is 26.4 Å². The van der Waals surface area contributed by atoms with Crippen molar-refractivity contribution in [2.75, 3.05) is 6.54 Å². The summed E-state index contributed by atoms with van der Waals surface area (Å²) < 4.78 is 0. The Kier molecular flexibility index (Phi) is 5.79. The van der Waals surface area contributed by atoms with E-state index in [1.165, 1.54) is 18.2 Å². The first-order chi connectivity index (χ1) is 9.43. The maximum atomic E-state index is 11.5. The molecule has 0 unspecified atom stereocenters. The van der Waals surface area contributed by atoms with Crippen LogP contribution in [-0.4, -0.2) is 39.8 Å². The zero-order valence-electron chi connectivity index (χ0n) is 10.9. The number of phenolic OH excluding ortho intramolecular Hbond substituents is 2. The average Bonchev–Trinajstić information content (AvgIpc) is 2.39. The monoisotopic (exact) mass is 282 g/mol. The predicted octanol–water partition coefficient (Wildman–Crippen LogP) is -0.0514. The number of amides is 1. The molecule has 1 amide bonds. The van der Waals surface area contributed by atoms with Crippen LogP contribution >= 0.6 is 0 Å². The van der Waals surface area contributed by atoms with Gasteiger partial charge in [-0.05, 0) is 30.7 Å². The molecule has 0 spiro atoms. The molecule has 0 aliphatic rings. The van der Waals surface area contributed by atoms with Crippen molar-refractivity contribution in [2.45, 2.75) is 25.3 Å². The highest BCUT2D eigenvalue weighted by Crippen LogP contribution is 2.25. The molecule has 7 nitrogen and oxygen atoms in total. The first-order valence-electron chi connectivity index (χ1n) is 6.17. The van der Waals surface area contributed by atoms with Crippen LogP contribution < -0.4 is 11.1 Å². The van der Waals surface area contributed by atoms with Gasteiger partial charge in [0, 0.05) is 12.8 Å². The Hall–Kier alpha value is -2.28. The number of hydrogen-bond acceptors (Lipinski definition) is 5. The summed E-state index contributed by atoms with van der Waals surface area (Å²) in [6.07, 6.45) is 0.664. The molecule has 0 aromatic heterocycles. The van der Waals surface area contributed by atoms with Gasteiger partial charge in [0.15, 0.2) is 11.5 Å². The van der Waals surface area contributed by atoms with E-state index in [0.29, 0.717) is 18.5 Å². The summed E-state index contributed by atoms with van der Waals surface area (Å²) in [5.41, 5.74) is 5.77. The predicted molar refractivity (Wildman–Crippen MR) is 71.3 cm³/mol. The number of nitrogens with two attached hydrogens (primary N) is 1. The number of benzene rings is 1. The fraction of sp³-hybridized carbons (Fsp3) is 0.385. The third kappa shape index (κ3) is 4.77. The number of nitrogens with one attached hydrogen (secondary N) is 1. The molecule has 1 aromatic carbocycles. The molecule has 0 radical (unpaired) electrons. The van der Waals surface area contributed by atoms with Gasteiger partial charge in [0.05, 0.1) is 0 Å². The van der Waals surface area contributed by atoms with Gasteiger partial charge in [-0.2, -0.15) is 0 Å². The molecule has 0 bridgehead atoms.